The molecule has 4 aromatic rings. The Labute approximate surface area is 215 Å². The Morgan fingerprint density at radius 3 is 2.76 bits per heavy atom. The number of ketones is 1. The lowest BCUT2D eigenvalue weighted by Crippen LogP contribution is -2.57. The molecule has 6 rings (SSSR count). The largest absolute Gasteiger partial charge is 0.391 e. The summed E-state index contributed by atoms with van der Waals surface area (Å²) in [6.45, 7) is 4.12. The van der Waals surface area contributed by atoms with Crippen LogP contribution in [0.3, 0.4) is 0 Å². The zero-order valence-electron chi connectivity index (χ0n) is 20.9. The van der Waals surface area contributed by atoms with Gasteiger partial charge in [-0.25, -0.2) is 4.98 Å². The van der Waals surface area contributed by atoms with E-state index in [1.165, 1.54) is 0 Å². The number of aryl methyl sites for hydroxylation is 1. The van der Waals surface area contributed by atoms with Crippen molar-refractivity contribution in [2.24, 2.45) is 17.6 Å². The van der Waals surface area contributed by atoms with Crippen molar-refractivity contribution in [1.29, 1.82) is 0 Å². The van der Waals surface area contributed by atoms with Gasteiger partial charge in [-0.05, 0) is 49.9 Å². The van der Waals surface area contributed by atoms with Crippen LogP contribution in [0.25, 0.3) is 22.2 Å². The topological polar surface area (TPSA) is 123 Å². The summed E-state index contributed by atoms with van der Waals surface area (Å²) >= 11 is 0. The molecule has 0 unspecified atom stereocenters. The Morgan fingerprint density at radius 1 is 1.11 bits per heavy atom. The Hall–Kier alpha value is -3.69. The minimum Gasteiger partial charge on any atom is -0.391 e. The summed E-state index contributed by atoms with van der Waals surface area (Å²) in [6, 6.07) is 7.15. The fourth-order valence-electron chi connectivity index (χ4n) is 5.40. The molecule has 1 aliphatic heterocycles. The average molecular weight is 498 g/mol. The molecule has 1 saturated heterocycles. The van der Waals surface area contributed by atoms with E-state index in [-0.39, 0.29) is 24.2 Å². The minimum atomic E-state index is -0.479. The molecule has 0 radical (unpaired) electrons. The van der Waals surface area contributed by atoms with Crippen LogP contribution in [0.1, 0.15) is 35.8 Å². The number of aliphatic hydroxyl groups is 1. The average Bonchev–Trinajstić information content (AvgIpc) is 3.65. The third kappa shape index (κ3) is 4.72. The standard InChI is InChI=1S/C28H31N7O2/c1-2-35-14-20(13-32-35)18-9-25-23(31-12-18)5-6-24(33-25)27(36)10-19-11-30-8-7-26(19)34-15-21(17-3-4-17)28(37)22(29)16-34/h5-9,11-14,17,21-22,28,37H,2-4,10,15-16,29H2,1H3/t21-,22-,28-/m1/s1. The van der Waals surface area contributed by atoms with Crippen molar-refractivity contribution in [2.45, 2.75) is 44.9 Å². The molecule has 3 N–H and O–H groups in total. The smallest absolute Gasteiger partial charge is 0.185 e. The summed E-state index contributed by atoms with van der Waals surface area (Å²) in [6.07, 6.45) is 11.1. The van der Waals surface area contributed by atoms with Gasteiger partial charge < -0.3 is 15.7 Å². The molecular weight excluding hydrogens is 466 g/mol. The van der Waals surface area contributed by atoms with Gasteiger partial charge in [-0.2, -0.15) is 5.10 Å². The molecule has 9 nitrogen and oxygen atoms in total. The lowest BCUT2D eigenvalue weighted by atomic mass is 9.87. The number of aromatic nitrogens is 5. The van der Waals surface area contributed by atoms with E-state index in [2.05, 4.69) is 25.0 Å². The van der Waals surface area contributed by atoms with Gasteiger partial charge in [-0.3, -0.25) is 19.4 Å². The third-order valence-electron chi connectivity index (χ3n) is 7.65. The van der Waals surface area contributed by atoms with Crippen LogP contribution in [0.4, 0.5) is 5.69 Å². The molecule has 9 heteroatoms. The fraction of sp³-hybridized carbons (Fsp3) is 0.393. The highest BCUT2D eigenvalue weighted by Crippen LogP contribution is 2.42. The lowest BCUT2D eigenvalue weighted by molar-refractivity contribution is 0.0593. The van der Waals surface area contributed by atoms with Crippen LogP contribution in [0.2, 0.25) is 0 Å². The molecule has 0 aromatic carbocycles. The number of piperidine rings is 1. The molecule has 2 aliphatic rings. The first kappa shape index (κ1) is 23.7. The van der Waals surface area contributed by atoms with Crippen LogP contribution in [0, 0.1) is 11.8 Å². The van der Waals surface area contributed by atoms with Crippen LogP contribution in [-0.4, -0.2) is 60.9 Å². The van der Waals surface area contributed by atoms with E-state index in [0.717, 1.165) is 53.8 Å². The van der Waals surface area contributed by atoms with Gasteiger partial charge in [0, 0.05) is 85.2 Å². The fourth-order valence-corrected chi connectivity index (χ4v) is 5.40. The van der Waals surface area contributed by atoms with Crippen molar-refractivity contribution in [3.63, 3.8) is 0 Å². The predicted octanol–water partition coefficient (Wildman–Crippen LogP) is 2.87. The Bertz CT molecular complexity index is 1450. The van der Waals surface area contributed by atoms with Crippen molar-refractivity contribution >= 4 is 22.5 Å². The van der Waals surface area contributed by atoms with Gasteiger partial charge in [0.15, 0.2) is 5.78 Å². The molecule has 0 amide bonds. The van der Waals surface area contributed by atoms with Gasteiger partial charge in [0.05, 0.1) is 23.3 Å². The van der Waals surface area contributed by atoms with Gasteiger partial charge in [0.25, 0.3) is 0 Å². The highest BCUT2D eigenvalue weighted by Gasteiger charge is 2.43. The Kier molecular flexibility index (Phi) is 6.18. The SMILES string of the molecule is CCn1cc(-c2cnc3ccc(C(=O)Cc4cnccc4N4C[C@@H](N)[C@H](O)[C@@H](C5CC5)C4)nc3c2)cn1. The zero-order valence-corrected chi connectivity index (χ0v) is 20.9. The summed E-state index contributed by atoms with van der Waals surface area (Å²) in [5.74, 6) is 0.613. The summed E-state index contributed by atoms with van der Waals surface area (Å²) in [4.78, 5) is 29.1. The third-order valence-corrected chi connectivity index (χ3v) is 7.65. The molecule has 5 heterocycles. The van der Waals surface area contributed by atoms with E-state index in [1.807, 2.05) is 42.2 Å². The number of nitrogens with two attached hydrogens (primary N) is 1. The summed E-state index contributed by atoms with van der Waals surface area (Å²) < 4.78 is 1.86. The second-order valence-corrected chi connectivity index (χ2v) is 10.2. The number of rotatable bonds is 7. The maximum atomic E-state index is 13.4. The van der Waals surface area contributed by atoms with E-state index < -0.39 is 6.10 Å². The Balaban J connectivity index is 1.25. The molecule has 3 atom stereocenters. The monoisotopic (exact) mass is 497 g/mol. The quantitative estimate of drug-likeness (QED) is 0.374. The molecule has 1 aliphatic carbocycles. The maximum absolute atomic E-state index is 13.4. The molecular formula is C28H31N7O2. The van der Waals surface area contributed by atoms with Crippen LogP contribution >= 0.6 is 0 Å². The van der Waals surface area contributed by atoms with Gasteiger partial charge >= 0.3 is 0 Å². The highest BCUT2D eigenvalue weighted by molar-refractivity contribution is 5.98. The van der Waals surface area contributed by atoms with E-state index in [0.29, 0.717) is 23.7 Å². The number of fused-ring (bicyclic) bond motifs is 1. The minimum absolute atomic E-state index is 0.0829. The van der Waals surface area contributed by atoms with Crippen molar-refractivity contribution in [2.75, 3.05) is 18.0 Å². The van der Waals surface area contributed by atoms with E-state index in [9.17, 15) is 9.90 Å². The van der Waals surface area contributed by atoms with Crippen LogP contribution in [0.15, 0.2) is 55.2 Å². The van der Waals surface area contributed by atoms with Gasteiger partial charge in [-0.15, -0.1) is 0 Å². The molecule has 1 saturated carbocycles. The van der Waals surface area contributed by atoms with Crippen LogP contribution in [0.5, 0.6) is 0 Å². The second-order valence-electron chi connectivity index (χ2n) is 10.2. The number of Topliss-reactive ketones (excluding diaryl/α,β-unsaturated/α-hetero) is 1. The van der Waals surface area contributed by atoms with Gasteiger partial charge in [0.1, 0.15) is 5.69 Å². The van der Waals surface area contributed by atoms with E-state index in [4.69, 9.17) is 5.73 Å². The zero-order chi connectivity index (χ0) is 25.5. The first-order valence-corrected chi connectivity index (χ1v) is 12.9. The molecule has 190 valence electrons. The van der Waals surface area contributed by atoms with Crippen molar-refractivity contribution in [1.82, 2.24) is 24.7 Å². The first-order valence-electron chi connectivity index (χ1n) is 12.9. The summed E-state index contributed by atoms with van der Waals surface area (Å²) in [5.41, 5.74) is 11.8. The second kappa shape index (κ2) is 9.64. The molecule has 2 fully saturated rings. The molecule has 0 spiro atoms. The van der Waals surface area contributed by atoms with E-state index in [1.54, 1.807) is 24.7 Å². The normalized spacial score (nSPS) is 21.9. The maximum Gasteiger partial charge on any atom is 0.185 e. The number of carbonyl (C=O) groups is 1. The summed E-state index contributed by atoms with van der Waals surface area (Å²) in [7, 11) is 0. The number of pyridine rings is 3. The number of nitrogens with zero attached hydrogens (tertiary/aromatic N) is 6. The molecule has 0 bridgehead atoms. The van der Waals surface area contributed by atoms with Gasteiger partial charge in [0.2, 0.25) is 0 Å². The highest BCUT2D eigenvalue weighted by atomic mass is 16.3. The van der Waals surface area contributed by atoms with Crippen molar-refractivity contribution in [3.8, 4) is 11.1 Å². The molecule has 37 heavy (non-hydrogen) atoms. The Morgan fingerprint density at radius 2 is 1.97 bits per heavy atom. The van der Waals surface area contributed by atoms with Crippen molar-refractivity contribution in [3.05, 3.63) is 66.5 Å². The number of aliphatic hydroxyl groups excluding tert-OH is 1. The van der Waals surface area contributed by atoms with Gasteiger partial charge in [-0.1, -0.05) is 0 Å². The lowest BCUT2D eigenvalue weighted by Gasteiger charge is -2.42. The van der Waals surface area contributed by atoms with Crippen LogP contribution in [-0.2, 0) is 13.0 Å². The number of hydrogen-bond acceptors (Lipinski definition) is 8. The van der Waals surface area contributed by atoms with Crippen LogP contribution < -0.4 is 10.6 Å². The first-order chi connectivity index (χ1) is 18.0. The predicted molar refractivity (Wildman–Crippen MR) is 141 cm³/mol. The number of carbonyl (C=O) groups excluding carboxylic acids is 1. The number of hydrogen-bond donors (Lipinski definition) is 2. The molecule has 4 aromatic heterocycles. The summed E-state index contributed by atoms with van der Waals surface area (Å²) in [5, 5.41) is 15.0. The van der Waals surface area contributed by atoms with E-state index >= 15 is 0 Å². The number of anilines is 1. The van der Waals surface area contributed by atoms with Crippen molar-refractivity contribution < 1.29 is 9.90 Å².